The molecule has 1 rings (SSSR count). The first-order chi connectivity index (χ1) is 10.4. The standard InChI is InChI=1S/C16H30N4O2/c1-6-21-16-14(17)15(18-8-7-9-22-12(4)5)19-13(20-16)10-11(2)3/h11-12H,6-10,17H2,1-5H3,(H,18,19,20). The Balaban J connectivity index is 2.71. The van der Waals surface area contributed by atoms with Crippen LogP contribution in [0.2, 0.25) is 0 Å². The summed E-state index contributed by atoms with van der Waals surface area (Å²) in [4.78, 5) is 8.93. The van der Waals surface area contributed by atoms with Crippen molar-refractivity contribution in [2.75, 3.05) is 30.8 Å². The van der Waals surface area contributed by atoms with E-state index < -0.39 is 0 Å². The smallest absolute Gasteiger partial charge is 0.242 e. The molecule has 0 radical (unpaired) electrons. The number of nitrogen functional groups attached to an aromatic ring is 1. The predicted molar refractivity (Wildman–Crippen MR) is 90.4 cm³/mol. The quantitative estimate of drug-likeness (QED) is 0.647. The van der Waals surface area contributed by atoms with Gasteiger partial charge in [0.1, 0.15) is 11.5 Å². The molecule has 0 aliphatic rings. The third kappa shape index (κ3) is 6.47. The Morgan fingerprint density at radius 2 is 1.91 bits per heavy atom. The van der Waals surface area contributed by atoms with E-state index in [9.17, 15) is 0 Å². The van der Waals surface area contributed by atoms with E-state index in [1.54, 1.807) is 0 Å². The second kappa shape index (κ2) is 9.46. The zero-order valence-electron chi connectivity index (χ0n) is 14.5. The molecular weight excluding hydrogens is 280 g/mol. The van der Waals surface area contributed by atoms with Crippen molar-refractivity contribution in [2.45, 2.75) is 53.6 Å². The highest BCUT2D eigenvalue weighted by atomic mass is 16.5. The number of hydrogen-bond acceptors (Lipinski definition) is 6. The van der Waals surface area contributed by atoms with Crippen LogP contribution in [0, 0.1) is 5.92 Å². The fourth-order valence-corrected chi connectivity index (χ4v) is 1.93. The number of anilines is 2. The van der Waals surface area contributed by atoms with E-state index in [1.165, 1.54) is 0 Å². The van der Waals surface area contributed by atoms with Gasteiger partial charge in [-0.1, -0.05) is 13.8 Å². The summed E-state index contributed by atoms with van der Waals surface area (Å²) in [6.07, 6.45) is 1.95. The van der Waals surface area contributed by atoms with Crippen LogP contribution >= 0.6 is 0 Å². The third-order valence-corrected chi connectivity index (χ3v) is 2.89. The van der Waals surface area contributed by atoms with Crippen molar-refractivity contribution in [1.82, 2.24) is 9.97 Å². The molecule has 0 aliphatic carbocycles. The van der Waals surface area contributed by atoms with Gasteiger partial charge in [-0.15, -0.1) is 0 Å². The van der Waals surface area contributed by atoms with Crippen LogP contribution < -0.4 is 15.8 Å². The molecule has 0 saturated carbocycles. The second-order valence-corrected chi connectivity index (χ2v) is 5.94. The number of ether oxygens (including phenoxy) is 2. The van der Waals surface area contributed by atoms with E-state index in [1.807, 2.05) is 20.8 Å². The minimum atomic E-state index is 0.256. The van der Waals surface area contributed by atoms with E-state index in [0.717, 1.165) is 25.2 Å². The van der Waals surface area contributed by atoms with Crippen molar-refractivity contribution in [2.24, 2.45) is 5.92 Å². The van der Waals surface area contributed by atoms with Gasteiger partial charge in [-0.2, -0.15) is 4.98 Å². The van der Waals surface area contributed by atoms with Gasteiger partial charge in [-0.05, 0) is 33.1 Å². The Labute approximate surface area is 133 Å². The van der Waals surface area contributed by atoms with Crippen LogP contribution in [0.5, 0.6) is 5.88 Å². The molecule has 0 atom stereocenters. The molecule has 0 bridgehead atoms. The maximum absolute atomic E-state index is 6.09. The lowest BCUT2D eigenvalue weighted by molar-refractivity contribution is 0.0787. The molecular formula is C16H30N4O2. The fraction of sp³-hybridized carbons (Fsp3) is 0.750. The molecule has 22 heavy (non-hydrogen) atoms. The summed E-state index contributed by atoms with van der Waals surface area (Å²) in [6, 6.07) is 0. The molecule has 3 N–H and O–H groups in total. The van der Waals surface area contributed by atoms with Gasteiger partial charge in [-0.25, -0.2) is 4.98 Å². The minimum absolute atomic E-state index is 0.256. The highest BCUT2D eigenvalue weighted by Gasteiger charge is 2.13. The Bertz CT molecular complexity index is 450. The molecule has 0 amide bonds. The lowest BCUT2D eigenvalue weighted by Gasteiger charge is -2.14. The monoisotopic (exact) mass is 310 g/mol. The van der Waals surface area contributed by atoms with Gasteiger partial charge in [0, 0.05) is 19.6 Å². The summed E-state index contributed by atoms with van der Waals surface area (Å²) in [5.41, 5.74) is 6.56. The Kier molecular flexibility index (Phi) is 7.95. The van der Waals surface area contributed by atoms with Crippen LogP contribution in [0.25, 0.3) is 0 Å². The van der Waals surface area contributed by atoms with Crippen molar-refractivity contribution in [3.8, 4) is 5.88 Å². The van der Waals surface area contributed by atoms with Crippen molar-refractivity contribution in [3.63, 3.8) is 0 Å². The van der Waals surface area contributed by atoms with Gasteiger partial charge in [0.25, 0.3) is 0 Å². The molecule has 0 aromatic carbocycles. The molecule has 1 heterocycles. The first-order valence-corrected chi connectivity index (χ1v) is 8.08. The Morgan fingerprint density at radius 3 is 2.50 bits per heavy atom. The summed E-state index contributed by atoms with van der Waals surface area (Å²) in [5.74, 6) is 2.35. The number of nitrogens with two attached hydrogens (primary N) is 1. The molecule has 0 spiro atoms. The van der Waals surface area contributed by atoms with Crippen LogP contribution in [0.3, 0.4) is 0 Å². The lowest BCUT2D eigenvalue weighted by Crippen LogP contribution is -2.14. The number of nitrogens with one attached hydrogen (secondary N) is 1. The van der Waals surface area contributed by atoms with Crippen LogP contribution in [0.15, 0.2) is 0 Å². The van der Waals surface area contributed by atoms with E-state index in [2.05, 4.69) is 29.1 Å². The third-order valence-electron chi connectivity index (χ3n) is 2.89. The number of nitrogens with zero attached hydrogens (tertiary/aromatic N) is 2. The van der Waals surface area contributed by atoms with E-state index in [4.69, 9.17) is 15.2 Å². The van der Waals surface area contributed by atoms with Crippen molar-refractivity contribution < 1.29 is 9.47 Å². The first-order valence-electron chi connectivity index (χ1n) is 8.08. The highest BCUT2D eigenvalue weighted by molar-refractivity contribution is 5.66. The molecule has 0 fully saturated rings. The van der Waals surface area contributed by atoms with Crippen LogP contribution in [0.1, 0.15) is 46.9 Å². The van der Waals surface area contributed by atoms with Gasteiger partial charge in [0.15, 0.2) is 5.82 Å². The van der Waals surface area contributed by atoms with Crippen LogP contribution in [0.4, 0.5) is 11.5 Å². The average Bonchev–Trinajstić information content (AvgIpc) is 2.42. The predicted octanol–water partition coefficient (Wildman–Crippen LogP) is 2.88. The first kappa shape index (κ1) is 18.5. The van der Waals surface area contributed by atoms with Gasteiger partial charge < -0.3 is 20.5 Å². The second-order valence-electron chi connectivity index (χ2n) is 5.94. The zero-order valence-corrected chi connectivity index (χ0v) is 14.5. The van der Waals surface area contributed by atoms with E-state index in [-0.39, 0.29) is 6.10 Å². The molecule has 1 aromatic rings. The minimum Gasteiger partial charge on any atom is -0.476 e. The van der Waals surface area contributed by atoms with Crippen molar-refractivity contribution in [3.05, 3.63) is 5.82 Å². The largest absolute Gasteiger partial charge is 0.476 e. The summed E-state index contributed by atoms with van der Waals surface area (Å²) >= 11 is 0. The number of hydrogen-bond donors (Lipinski definition) is 2. The number of aromatic nitrogens is 2. The Hall–Kier alpha value is -1.56. The topological polar surface area (TPSA) is 82.3 Å². The van der Waals surface area contributed by atoms with Crippen LogP contribution in [-0.4, -0.2) is 35.8 Å². The summed E-state index contributed by atoms with van der Waals surface area (Å²) < 4.78 is 11.0. The molecule has 6 nitrogen and oxygen atoms in total. The summed E-state index contributed by atoms with van der Waals surface area (Å²) in [6.45, 7) is 12.2. The van der Waals surface area contributed by atoms with Crippen molar-refractivity contribution in [1.29, 1.82) is 0 Å². The molecule has 126 valence electrons. The maximum atomic E-state index is 6.09. The van der Waals surface area contributed by atoms with E-state index >= 15 is 0 Å². The zero-order chi connectivity index (χ0) is 16.5. The SMILES string of the molecule is CCOc1nc(CC(C)C)nc(NCCCOC(C)C)c1N. The number of rotatable bonds is 10. The summed E-state index contributed by atoms with van der Waals surface area (Å²) in [5, 5.41) is 3.26. The maximum Gasteiger partial charge on any atom is 0.242 e. The molecule has 1 aromatic heterocycles. The van der Waals surface area contributed by atoms with Gasteiger partial charge in [0.2, 0.25) is 5.88 Å². The molecule has 0 aliphatic heterocycles. The highest BCUT2D eigenvalue weighted by Crippen LogP contribution is 2.26. The molecule has 0 unspecified atom stereocenters. The average molecular weight is 310 g/mol. The van der Waals surface area contributed by atoms with E-state index in [0.29, 0.717) is 36.5 Å². The van der Waals surface area contributed by atoms with Gasteiger partial charge in [-0.3, -0.25) is 0 Å². The summed E-state index contributed by atoms with van der Waals surface area (Å²) in [7, 11) is 0. The van der Waals surface area contributed by atoms with Crippen LogP contribution in [-0.2, 0) is 11.2 Å². The Morgan fingerprint density at radius 1 is 1.18 bits per heavy atom. The van der Waals surface area contributed by atoms with Crippen molar-refractivity contribution >= 4 is 11.5 Å². The van der Waals surface area contributed by atoms with Gasteiger partial charge >= 0.3 is 0 Å². The fourth-order valence-electron chi connectivity index (χ4n) is 1.93. The lowest BCUT2D eigenvalue weighted by atomic mass is 10.1. The molecule has 6 heteroatoms. The molecule has 0 saturated heterocycles. The van der Waals surface area contributed by atoms with Gasteiger partial charge in [0.05, 0.1) is 12.7 Å². The normalized spacial score (nSPS) is 11.2.